The van der Waals surface area contributed by atoms with E-state index >= 15 is 0 Å². The summed E-state index contributed by atoms with van der Waals surface area (Å²) in [7, 11) is 2.19. The summed E-state index contributed by atoms with van der Waals surface area (Å²) in [6.45, 7) is 7.08. The zero-order chi connectivity index (χ0) is 14.4. The second-order valence-electron chi connectivity index (χ2n) is 5.96. The van der Waals surface area contributed by atoms with Gasteiger partial charge in [0, 0.05) is 30.4 Å². The van der Waals surface area contributed by atoms with Gasteiger partial charge in [0.25, 0.3) is 0 Å². The van der Waals surface area contributed by atoms with E-state index in [1.54, 1.807) is 0 Å². The molecule has 20 heavy (non-hydrogen) atoms. The summed E-state index contributed by atoms with van der Waals surface area (Å²) in [5.41, 5.74) is 1.19. The van der Waals surface area contributed by atoms with Gasteiger partial charge >= 0.3 is 0 Å². The lowest BCUT2D eigenvalue weighted by Crippen LogP contribution is -2.40. The highest BCUT2D eigenvalue weighted by molar-refractivity contribution is 5.29. The number of ether oxygens (including phenoxy) is 1. The van der Waals surface area contributed by atoms with Gasteiger partial charge in [-0.2, -0.15) is 0 Å². The molecule has 0 aliphatic carbocycles. The number of pyridine rings is 1. The van der Waals surface area contributed by atoms with Gasteiger partial charge in [-0.3, -0.25) is 4.98 Å². The van der Waals surface area contributed by atoms with E-state index in [0.717, 1.165) is 18.9 Å². The second-order valence-corrected chi connectivity index (χ2v) is 5.96. The topological polar surface area (TPSA) is 37.4 Å². The van der Waals surface area contributed by atoms with Gasteiger partial charge in [-0.1, -0.05) is 20.3 Å². The molecule has 1 saturated heterocycles. The first-order valence-corrected chi connectivity index (χ1v) is 7.66. The Hall–Kier alpha value is -1.13. The number of nitrogens with zero attached hydrogens (tertiary/aromatic N) is 2. The maximum absolute atomic E-state index is 6.04. The van der Waals surface area contributed by atoms with Crippen molar-refractivity contribution in [3.05, 3.63) is 24.0 Å². The zero-order valence-electron chi connectivity index (χ0n) is 12.9. The van der Waals surface area contributed by atoms with Crippen LogP contribution in [0.3, 0.4) is 0 Å². The molecule has 1 aromatic rings. The van der Waals surface area contributed by atoms with Gasteiger partial charge in [-0.25, -0.2) is 0 Å². The average Bonchev–Trinajstić information content (AvgIpc) is 2.45. The first-order valence-electron chi connectivity index (χ1n) is 7.66. The van der Waals surface area contributed by atoms with Crippen LogP contribution in [0.15, 0.2) is 18.5 Å². The van der Waals surface area contributed by atoms with E-state index in [2.05, 4.69) is 36.1 Å². The van der Waals surface area contributed by atoms with E-state index in [4.69, 9.17) is 4.74 Å². The van der Waals surface area contributed by atoms with Gasteiger partial charge in [0.2, 0.25) is 0 Å². The van der Waals surface area contributed by atoms with E-state index in [0.29, 0.717) is 12.1 Å². The molecule has 0 amide bonds. The summed E-state index contributed by atoms with van der Waals surface area (Å²) in [5.74, 6) is 0.916. The van der Waals surface area contributed by atoms with Crippen molar-refractivity contribution in [2.45, 2.75) is 51.7 Å². The van der Waals surface area contributed by atoms with Crippen molar-refractivity contribution in [3.63, 3.8) is 0 Å². The lowest BCUT2D eigenvalue weighted by atomic mass is 10.0. The zero-order valence-corrected chi connectivity index (χ0v) is 12.9. The van der Waals surface area contributed by atoms with E-state index < -0.39 is 0 Å². The molecule has 0 spiro atoms. The van der Waals surface area contributed by atoms with Crippen LogP contribution in [0.25, 0.3) is 0 Å². The highest BCUT2D eigenvalue weighted by atomic mass is 16.5. The van der Waals surface area contributed by atoms with Crippen molar-refractivity contribution in [1.29, 1.82) is 0 Å². The molecule has 4 nitrogen and oxygen atoms in total. The molecule has 4 heteroatoms. The van der Waals surface area contributed by atoms with Gasteiger partial charge in [-0.15, -0.1) is 0 Å². The fraction of sp³-hybridized carbons (Fsp3) is 0.688. The van der Waals surface area contributed by atoms with Crippen LogP contribution in [0.4, 0.5) is 0 Å². The predicted octanol–water partition coefficient (Wildman–Crippen LogP) is 2.44. The van der Waals surface area contributed by atoms with Gasteiger partial charge in [0.05, 0.1) is 6.20 Å². The fourth-order valence-electron chi connectivity index (χ4n) is 2.54. The fourth-order valence-corrected chi connectivity index (χ4v) is 2.54. The highest BCUT2D eigenvalue weighted by Crippen LogP contribution is 2.20. The molecule has 0 radical (unpaired) electrons. The largest absolute Gasteiger partial charge is 0.490 e. The molecule has 1 N–H and O–H groups in total. The number of likely N-dealkylation sites (tertiary alicyclic amines) is 1. The molecule has 1 fully saturated rings. The number of aromatic nitrogens is 1. The van der Waals surface area contributed by atoms with Crippen LogP contribution >= 0.6 is 0 Å². The van der Waals surface area contributed by atoms with Crippen molar-refractivity contribution in [2.75, 3.05) is 20.2 Å². The minimum atomic E-state index is 0.473. The van der Waals surface area contributed by atoms with Gasteiger partial charge in [-0.05, 0) is 32.5 Å². The third kappa shape index (κ3) is 4.46. The monoisotopic (exact) mass is 277 g/mol. The standard InChI is InChI=1S/C16H27N3O/c1-13(2)18-10-14-7-8-17-11-16(14)20-12-15-6-4-5-9-19(15)3/h7-8,11,13,15,18H,4-6,9-10,12H2,1-3H3. The van der Waals surface area contributed by atoms with Crippen LogP contribution in [-0.2, 0) is 6.54 Å². The SMILES string of the molecule is CC(C)NCc1ccncc1OCC1CCCCN1C. The summed E-state index contributed by atoms with van der Waals surface area (Å²) in [6.07, 6.45) is 7.52. The minimum Gasteiger partial charge on any atom is -0.490 e. The summed E-state index contributed by atoms with van der Waals surface area (Å²) >= 11 is 0. The molecule has 1 atom stereocenters. The molecule has 2 rings (SSSR count). The third-order valence-corrected chi connectivity index (χ3v) is 3.92. The molecule has 1 aliphatic heterocycles. The Bertz CT molecular complexity index is 408. The smallest absolute Gasteiger partial charge is 0.142 e. The van der Waals surface area contributed by atoms with Crippen molar-refractivity contribution in [2.24, 2.45) is 0 Å². The average molecular weight is 277 g/mol. The summed E-state index contributed by atoms with van der Waals surface area (Å²) < 4.78 is 6.04. The quantitative estimate of drug-likeness (QED) is 0.866. The molecule has 1 aromatic heterocycles. The lowest BCUT2D eigenvalue weighted by molar-refractivity contribution is 0.124. The molecule has 1 aliphatic rings. The Kier molecular flexibility index (Phi) is 5.80. The molecule has 112 valence electrons. The lowest BCUT2D eigenvalue weighted by Gasteiger charge is -2.32. The molecule has 0 bridgehead atoms. The van der Waals surface area contributed by atoms with Crippen LogP contribution in [0, 0.1) is 0 Å². The summed E-state index contributed by atoms with van der Waals surface area (Å²) in [4.78, 5) is 6.60. The van der Waals surface area contributed by atoms with Crippen molar-refractivity contribution >= 4 is 0 Å². The number of hydrogen-bond acceptors (Lipinski definition) is 4. The first-order chi connectivity index (χ1) is 9.66. The Morgan fingerprint density at radius 1 is 1.45 bits per heavy atom. The van der Waals surface area contributed by atoms with Crippen LogP contribution < -0.4 is 10.1 Å². The van der Waals surface area contributed by atoms with Crippen LogP contribution in [0.2, 0.25) is 0 Å². The number of piperidine rings is 1. The predicted molar refractivity (Wildman–Crippen MR) is 82.0 cm³/mol. The van der Waals surface area contributed by atoms with Gasteiger partial charge in [0.15, 0.2) is 0 Å². The molecule has 2 heterocycles. The first kappa shape index (κ1) is 15.3. The molecule has 1 unspecified atom stereocenters. The van der Waals surface area contributed by atoms with E-state index in [9.17, 15) is 0 Å². The normalized spacial score (nSPS) is 20.3. The minimum absolute atomic E-state index is 0.473. The van der Waals surface area contributed by atoms with Crippen LogP contribution in [0.5, 0.6) is 5.75 Å². The number of likely N-dealkylation sites (N-methyl/N-ethyl adjacent to an activating group) is 1. The molecule has 0 aromatic carbocycles. The second kappa shape index (κ2) is 7.60. The van der Waals surface area contributed by atoms with Gasteiger partial charge in [0.1, 0.15) is 12.4 Å². The Morgan fingerprint density at radius 3 is 3.05 bits per heavy atom. The van der Waals surface area contributed by atoms with Gasteiger partial charge < -0.3 is 15.0 Å². The molecular weight excluding hydrogens is 250 g/mol. The van der Waals surface area contributed by atoms with Crippen molar-refractivity contribution in [3.8, 4) is 5.75 Å². The maximum atomic E-state index is 6.04. The van der Waals surface area contributed by atoms with E-state index in [1.807, 2.05) is 18.5 Å². The Morgan fingerprint density at radius 2 is 2.30 bits per heavy atom. The van der Waals surface area contributed by atoms with Crippen LogP contribution in [0.1, 0.15) is 38.7 Å². The molecule has 0 saturated carbocycles. The summed E-state index contributed by atoms with van der Waals surface area (Å²) in [5, 5.41) is 3.43. The van der Waals surface area contributed by atoms with Crippen molar-refractivity contribution < 1.29 is 4.74 Å². The van der Waals surface area contributed by atoms with Crippen molar-refractivity contribution in [1.82, 2.24) is 15.2 Å². The van der Waals surface area contributed by atoms with E-state index in [1.165, 1.54) is 31.4 Å². The third-order valence-electron chi connectivity index (χ3n) is 3.92. The highest BCUT2D eigenvalue weighted by Gasteiger charge is 2.19. The van der Waals surface area contributed by atoms with Crippen LogP contribution in [-0.4, -0.2) is 42.2 Å². The number of nitrogens with one attached hydrogen (secondary N) is 1. The Balaban J connectivity index is 1.91. The number of rotatable bonds is 6. The number of hydrogen-bond donors (Lipinski definition) is 1. The maximum Gasteiger partial charge on any atom is 0.142 e. The summed E-state index contributed by atoms with van der Waals surface area (Å²) in [6, 6.07) is 3.05. The Labute approximate surface area is 122 Å². The molecular formula is C16H27N3O. The van der Waals surface area contributed by atoms with E-state index in [-0.39, 0.29) is 0 Å².